The maximum absolute atomic E-state index is 12.2. The Balaban J connectivity index is 1.65. The fraction of sp³-hybridized carbons (Fsp3) is 0.421. The van der Waals surface area contributed by atoms with Gasteiger partial charge in [0.15, 0.2) is 0 Å². The number of aromatic nitrogens is 1. The summed E-state index contributed by atoms with van der Waals surface area (Å²) in [6.45, 7) is 2.17. The van der Waals surface area contributed by atoms with Crippen molar-refractivity contribution in [2.75, 3.05) is 11.9 Å². The number of pyridine rings is 1. The second-order valence-corrected chi connectivity index (χ2v) is 7.86. The van der Waals surface area contributed by atoms with Crippen LogP contribution in [0.1, 0.15) is 48.5 Å². The number of aliphatic hydroxyl groups is 1. The molecule has 1 saturated carbocycles. The number of thiophene rings is 1. The van der Waals surface area contributed by atoms with Gasteiger partial charge < -0.3 is 15.7 Å². The van der Waals surface area contributed by atoms with E-state index in [2.05, 4.69) is 15.6 Å². The summed E-state index contributed by atoms with van der Waals surface area (Å²) in [5.74, 6) is -1.34. The molecule has 138 valence electrons. The Bertz CT molecular complexity index is 767. The molecular weight excluding hydrogens is 350 g/mol. The highest BCUT2D eigenvalue weighted by Gasteiger charge is 2.37. The van der Waals surface area contributed by atoms with Crippen LogP contribution in [0.15, 0.2) is 36.7 Å². The molecule has 2 aromatic rings. The molecule has 1 atom stereocenters. The molecule has 2 heterocycles. The van der Waals surface area contributed by atoms with Crippen molar-refractivity contribution in [1.29, 1.82) is 0 Å². The van der Waals surface area contributed by atoms with Crippen molar-refractivity contribution in [1.82, 2.24) is 10.3 Å². The van der Waals surface area contributed by atoms with Gasteiger partial charge in [0.2, 0.25) is 0 Å². The van der Waals surface area contributed by atoms with Crippen molar-refractivity contribution in [3.63, 3.8) is 0 Å². The molecule has 1 unspecified atom stereocenters. The topological polar surface area (TPSA) is 91.3 Å². The van der Waals surface area contributed by atoms with Crippen LogP contribution in [-0.4, -0.2) is 28.4 Å². The number of carbonyl (C=O) groups is 2. The minimum absolute atomic E-state index is 0.151. The summed E-state index contributed by atoms with van der Waals surface area (Å²) in [6, 6.07) is 7.36. The summed E-state index contributed by atoms with van der Waals surface area (Å²) >= 11 is 1.59. The molecule has 0 aromatic carbocycles. The number of nitrogens with one attached hydrogen (secondary N) is 2. The van der Waals surface area contributed by atoms with Gasteiger partial charge in [-0.05, 0) is 44.0 Å². The number of amides is 2. The molecule has 1 aliphatic carbocycles. The first-order valence-corrected chi connectivity index (χ1v) is 9.59. The number of anilines is 1. The van der Waals surface area contributed by atoms with Gasteiger partial charge in [-0.3, -0.25) is 14.6 Å². The van der Waals surface area contributed by atoms with E-state index in [4.69, 9.17) is 0 Å². The lowest BCUT2D eigenvalue weighted by molar-refractivity contribution is -0.136. The number of hydrogen-bond acceptors (Lipinski definition) is 5. The van der Waals surface area contributed by atoms with Gasteiger partial charge >= 0.3 is 11.8 Å². The third-order valence-electron chi connectivity index (χ3n) is 4.83. The van der Waals surface area contributed by atoms with E-state index < -0.39 is 17.9 Å². The quantitative estimate of drug-likeness (QED) is 0.703. The summed E-state index contributed by atoms with van der Waals surface area (Å²) in [4.78, 5) is 30.3. The van der Waals surface area contributed by atoms with Gasteiger partial charge in [-0.1, -0.05) is 12.8 Å². The maximum atomic E-state index is 12.2. The van der Waals surface area contributed by atoms with Crippen LogP contribution in [0.4, 0.5) is 5.69 Å². The predicted molar refractivity (Wildman–Crippen MR) is 101 cm³/mol. The fourth-order valence-electron chi connectivity index (χ4n) is 3.38. The van der Waals surface area contributed by atoms with Gasteiger partial charge in [0.05, 0.1) is 18.0 Å². The molecule has 0 radical (unpaired) electrons. The lowest BCUT2D eigenvalue weighted by atomic mass is 9.84. The first kappa shape index (κ1) is 18.5. The first-order valence-electron chi connectivity index (χ1n) is 8.78. The smallest absolute Gasteiger partial charge is 0.313 e. The molecule has 0 saturated heterocycles. The standard InChI is InChI=1S/C19H23N3O3S/c1-13(23)15-6-7-16(26-15)19(8-2-3-9-19)12-21-17(24)18(25)22-14-5-4-10-20-11-14/h4-7,10-11,13,23H,2-3,8-9,12H2,1H3,(H,21,24)(H,22,25). The lowest BCUT2D eigenvalue weighted by Gasteiger charge is -2.28. The van der Waals surface area contributed by atoms with E-state index in [1.165, 1.54) is 11.1 Å². The van der Waals surface area contributed by atoms with Gasteiger partial charge in [0.1, 0.15) is 0 Å². The zero-order valence-corrected chi connectivity index (χ0v) is 15.5. The summed E-state index contributed by atoms with van der Waals surface area (Å²) < 4.78 is 0. The molecule has 3 rings (SSSR count). The van der Waals surface area contributed by atoms with Gasteiger partial charge in [-0.25, -0.2) is 0 Å². The van der Waals surface area contributed by atoms with Crippen LogP contribution in [-0.2, 0) is 15.0 Å². The van der Waals surface area contributed by atoms with E-state index >= 15 is 0 Å². The van der Waals surface area contributed by atoms with Crippen molar-refractivity contribution in [3.05, 3.63) is 46.4 Å². The Morgan fingerprint density at radius 3 is 2.65 bits per heavy atom. The van der Waals surface area contributed by atoms with Crippen LogP contribution < -0.4 is 10.6 Å². The lowest BCUT2D eigenvalue weighted by Crippen LogP contribution is -2.43. The molecule has 6 nitrogen and oxygen atoms in total. The van der Waals surface area contributed by atoms with Gasteiger partial charge in [-0.2, -0.15) is 0 Å². The van der Waals surface area contributed by atoms with E-state index in [1.54, 1.807) is 36.6 Å². The van der Waals surface area contributed by atoms with Crippen LogP contribution in [0.25, 0.3) is 0 Å². The van der Waals surface area contributed by atoms with Crippen LogP contribution in [0.5, 0.6) is 0 Å². The summed E-state index contributed by atoms with van der Waals surface area (Å²) in [6.07, 6.45) is 6.73. The highest BCUT2D eigenvalue weighted by atomic mass is 32.1. The summed E-state index contributed by atoms with van der Waals surface area (Å²) in [5.41, 5.74) is 0.338. The Kier molecular flexibility index (Phi) is 5.68. The second-order valence-electron chi connectivity index (χ2n) is 6.74. The largest absolute Gasteiger partial charge is 0.388 e. The molecule has 2 aromatic heterocycles. The first-order chi connectivity index (χ1) is 12.5. The Labute approximate surface area is 156 Å². The Morgan fingerprint density at radius 2 is 2.04 bits per heavy atom. The molecule has 26 heavy (non-hydrogen) atoms. The van der Waals surface area contributed by atoms with Crippen molar-refractivity contribution in [3.8, 4) is 0 Å². The monoisotopic (exact) mass is 373 g/mol. The number of hydrogen-bond donors (Lipinski definition) is 3. The van der Waals surface area contributed by atoms with E-state index in [0.717, 1.165) is 30.6 Å². The van der Waals surface area contributed by atoms with Crippen LogP contribution >= 0.6 is 11.3 Å². The molecule has 0 spiro atoms. The van der Waals surface area contributed by atoms with Crippen molar-refractivity contribution in [2.45, 2.75) is 44.1 Å². The van der Waals surface area contributed by atoms with E-state index in [-0.39, 0.29) is 5.41 Å². The normalized spacial score (nSPS) is 16.8. The Morgan fingerprint density at radius 1 is 1.27 bits per heavy atom. The number of nitrogens with zero attached hydrogens (tertiary/aromatic N) is 1. The maximum Gasteiger partial charge on any atom is 0.313 e. The summed E-state index contributed by atoms with van der Waals surface area (Å²) in [7, 11) is 0. The highest BCUT2D eigenvalue weighted by molar-refractivity contribution is 7.12. The minimum atomic E-state index is -0.693. The van der Waals surface area contributed by atoms with Crippen LogP contribution in [0.3, 0.4) is 0 Å². The number of aliphatic hydroxyl groups excluding tert-OH is 1. The van der Waals surface area contributed by atoms with Gasteiger partial charge in [-0.15, -0.1) is 11.3 Å². The van der Waals surface area contributed by atoms with Crippen LogP contribution in [0.2, 0.25) is 0 Å². The van der Waals surface area contributed by atoms with Crippen molar-refractivity contribution >= 4 is 28.8 Å². The minimum Gasteiger partial charge on any atom is -0.388 e. The Hall–Kier alpha value is -2.25. The predicted octanol–water partition coefficient (Wildman–Crippen LogP) is 2.76. The zero-order chi connectivity index (χ0) is 18.6. The van der Waals surface area contributed by atoms with Crippen LogP contribution in [0, 0.1) is 0 Å². The zero-order valence-electron chi connectivity index (χ0n) is 14.7. The summed E-state index contributed by atoms with van der Waals surface area (Å²) in [5, 5.41) is 15.1. The number of carbonyl (C=O) groups excluding carboxylic acids is 2. The molecule has 1 aliphatic rings. The molecule has 3 N–H and O–H groups in total. The third-order valence-corrected chi connectivity index (χ3v) is 6.34. The average Bonchev–Trinajstić information content (AvgIpc) is 3.30. The molecule has 1 fully saturated rings. The van der Waals surface area contributed by atoms with E-state index in [1.807, 2.05) is 12.1 Å². The van der Waals surface area contributed by atoms with Crippen molar-refractivity contribution in [2.24, 2.45) is 0 Å². The highest BCUT2D eigenvalue weighted by Crippen LogP contribution is 2.44. The fourth-order valence-corrected chi connectivity index (χ4v) is 4.57. The SMILES string of the molecule is CC(O)c1ccc(C2(CNC(=O)C(=O)Nc3cccnc3)CCCC2)s1. The molecule has 2 amide bonds. The molecular formula is C19H23N3O3S. The van der Waals surface area contributed by atoms with E-state index in [0.29, 0.717) is 12.2 Å². The number of rotatable bonds is 5. The molecule has 7 heteroatoms. The van der Waals surface area contributed by atoms with Crippen molar-refractivity contribution < 1.29 is 14.7 Å². The third kappa shape index (κ3) is 4.11. The average molecular weight is 373 g/mol. The molecule has 0 aliphatic heterocycles. The van der Waals surface area contributed by atoms with E-state index in [9.17, 15) is 14.7 Å². The van der Waals surface area contributed by atoms with Gasteiger partial charge in [0, 0.05) is 27.9 Å². The van der Waals surface area contributed by atoms with Gasteiger partial charge in [0.25, 0.3) is 0 Å². The molecule has 0 bridgehead atoms. The second kappa shape index (κ2) is 7.97.